The lowest BCUT2D eigenvalue weighted by molar-refractivity contribution is -0.142. The predicted molar refractivity (Wildman–Crippen MR) is 135 cm³/mol. The lowest BCUT2D eigenvalue weighted by Gasteiger charge is -2.21. The molecule has 1 atom stereocenters. The second-order valence-electron chi connectivity index (χ2n) is 9.33. The van der Waals surface area contributed by atoms with Crippen molar-refractivity contribution in [2.75, 3.05) is 13.7 Å². The molecule has 3 amide bonds. The summed E-state index contributed by atoms with van der Waals surface area (Å²) in [6.07, 6.45) is -0.740. The molecule has 0 saturated carbocycles. The van der Waals surface area contributed by atoms with Gasteiger partial charge in [-0.3, -0.25) is 9.59 Å². The van der Waals surface area contributed by atoms with Crippen molar-refractivity contribution in [3.05, 3.63) is 51.2 Å². The van der Waals surface area contributed by atoms with Gasteiger partial charge in [0.1, 0.15) is 17.4 Å². The van der Waals surface area contributed by atoms with Gasteiger partial charge in [0.2, 0.25) is 0 Å². The van der Waals surface area contributed by atoms with Gasteiger partial charge in [0.05, 0.1) is 23.4 Å². The number of hydrogen-bond acceptors (Lipinski definition) is 8. The second-order valence-corrected chi connectivity index (χ2v) is 10.4. The van der Waals surface area contributed by atoms with E-state index in [1.807, 2.05) is 13.8 Å². The Hall–Kier alpha value is -3.60. The van der Waals surface area contributed by atoms with E-state index in [-0.39, 0.29) is 35.5 Å². The number of rotatable bonds is 9. The van der Waals surface area contributed by atoms with Crippen LogP contribution >= 0.6 is 11.3 Å². The van der Waals surface area contributed by atoms with Gasteiger partial charge >= 0.3 is 12.1 Å². The van der Waals surface area contributed by atoms with Crippen LogP contribution in [0.4, 0.5) is 4.79 Å². The summed E-state index contributed by atoms with van der Waals surface area (Å²) in [4.78, 5) is 50.7. The van der Waals surface area contributed by atoms with Gasteiger partial charge in [0.15, 0.2) is 0 Å². The van der Waals surface area contributed by atoms with Crippen LogP contribution in [-0.4, -0.2) is 54.3 Å². The Morgan fingerprint density at radius 2 is 1.75 bits per heavy atom. The van der Waals surface area contributed by atoms with Crippen LogP contribution < -0.4 is 16.0 Å². The van der Waals surface area contributed by atoms with Crippen molar-refractivity contribution in [2.24, 2.45) is 0 Å². The number of nitrogens with one attached hydrogen (secondary N) is 3. The number of phenolic OH excluding ortho intramolecular Hbond substituents is 1. The van der Waals surface area contributed by atoms with Gasteiger partial charge in [-0.25, -0.2) is 9.59 Å². The number of thiophene rings is 1. The number of carbonyl (C=O) groups is 4. The monoisotopic (exact) mass is 519 g/mol. The molecule has 0 radical (unpaired) electrons. The molecule has 1 aromatic heterocycles. The van der Waals surface area contributed by atoms with Gasteiger partial charge in [-0.15, -0.1) is 11.3 Å². The van der Waals surface area contributed by atoms with Crippen molar-refractivity contribution in [3.8, 4) is 5.75 Å². The zero-order valence-corrected chi connectivity index (χ0v) is 22.1. The Morgan fingerprint density at radius 1 is 1.06 bits per heavy atom. The van der Waals surface area contributed by atoms with Crippen LogP contribution in [-0.2, 0) is 20.8 Å². The van der Waals surface area contributed by atoms with E-state index in [9.17, 15) is 24.3 Å². The molecule has 1 aromatic carbocycles. The van der Waals surface area contributed by atoms with E-state index in [1.54, 1.807) is 45.0 Å². The Morgan fingerprint density at radius 3 is 2.33 bits per heavy atom. The first-order chi connectivity index (χ1) is 16.8. The van der Waals surface area contributed by atoms with Gasteiger partial charge in [-0.2, -0.15) is 0 Å². The maximum absolute atomic E-state index is 13.1. The average Bonchev–Trinajstić information content (AvgIpc) is 3.24. The van der Waals surface area contributed by atoms with Gasteiger partial charge in [-0.05, 0) is 56.0 Å². The molecule has 0 unspecified atom stereocenters. The van der Waals surface area contributed by atoms with Crippen LogP contribution in [0.15, 0.2) is 30.3 Å². The van der Waals surface area contributed by atoms with Crippen LogP contribution in [0, 0.1) is 0 Å². The third kappa shape index (κ3) is 8.56. The highest BCUT2D eigenvalue weighted by Crippen LogP contribution is 2.29. The normalized spacial score (nSPS) is 12.0. The third-order valence-corrected chi connectivity index (χ3v) is 5.97. The Labute approximate surface area is 214 Å². The fraction of sp³-hybridized carbons (Fsp3) is 0.440. The van der Waals surface area contributed by atoms with Crippen molar-refractivity contribution < 1.29 is 33.8 Å². The molecule has 4 N–H and O–H groups in total. The molecule has 36 heavy (non-hydrogen) atoms. The van der Waals surface area contributed by atoms with Gasteiger partial charge in [-0.1, -0.05) is 26.0 Å². The molecule has 196 valence electrons. The molecule has 0 bridgehead atoms. The molecule has 2 rings (SSSR count). The third-order valence-electron chi connectivity index (χ3n) is 4.82. The minimum Gasteiger partial charge on any atom is -0.508 e. The number of benzene rings is 1. The van der Waals surface area contributed by atoms with Gasteiger partial charge in [0.25, 0.3) is 11.8 Å². The Balaban J connectivity index is 2.14. The number of alkyl carbamates (subject to hydrolysis) is 1. The topological polar surface area (TPSA) is 143 Å². The molecule has 0 spiro atoms. The van der Waals surface area contributed by atoms with E-state index in [0.29, 0.717) is 10.4 Å². The zero-order valence-electron chi connectivity index (χ0n) is 21.3. The summed E-state index contributed by atoms with van der Waals surface area (Å²) < 4.78 is 9.92. The quantitative estimate of drug-likeness (QED) is 0.372. The van der Waals surface area contributed by atoms with E-state index >= 15 is 0 Å². The molecule has 1 heterocycles. The zero-order chi connectivity index (χ0) is 27.0. The first-order valence-electron chi connectivity index (χ1n) is 11.4. The second kappa shape index (κ2) is 12.4. The van der Waals surface area contributed by atoms with Crippen LogP contribution in [0.1, 0.15) is 71.0 Å². The standard InChI is InChI=1S/C25H33N3O7S/c1-14(2)17-11-19(21(30)26-12-15-8-7-9-16(29)10-15)36-20(17)22(31)28-18(23(32)34-6)13-27-24(33)35-25(3,4)5/h7-11,14,18,29H,12-13H2,1-6H3,(H,26,30)(H,27,33)(H,28,31)/t18-/m0/s1. The Kier molecular flexibility index (Phi) is 9.85. The number of ether oxygens (including phenoxy) is 2. The van der Waals surface area contributed by atoms with E-state index in [1.165, 1.54) is 13.2 Å². The summed E-state index contributed by atoms with van der Waals surface area (Å²) in [6, 6.07) is 7.01. The van der Waals surface area contributed by atoms with Crippen molar-refractivity contribution in [1.82, 2.24) is 16.0 Å². The number of carbonyl (C=O) groups excluding carboxylic acids is 4. The lowest BCUT2D eigenvalue weighted by atomic mass is 10.0. The van der Waals surface area contributed by atoms with Crippen molar-refractivity contribution in [2.45, 2.75) is 58.7 Å². The van der Waals surface area contributed by atoms with Gasteiger partial charge < -0.3 is 30.5 Å². The molecule has 0 fully saturated rings. The fourth-order valence-electron chi connectivity index (χ4n) is 3.12. The molecule has 0 saturated heterocycles. The molecular weight excluding hydrogens is 486 g/mol. The van der Waals surface area contributed by atoms with Crippen molar-refractivity contribution in [1.29, 1.82) is 0 Å². The predicted octanol–water partition coefficient (Wildman–Crippen LogP) is 3.30. The molecule has 10 nitrogen and oxygen atoms in total. The summed E-state index contributed by atoms with van der Waals surface area (Å²) in [6.45, 7) is 8.83. The number of phenols is 1. The highest BCUT2D eigenvalue weighted by molar-refractivity contribution is 7.16. The summed E-state index contributed by atoms with van der Waals surface area (Å²) in [5.74, 6) is -1.67. The maximum atomic E-state index is 13.1. The van der Waals surface area contributed by atoms with Crippen LogP contribution in [0.3, 0.4) is 0 Å². The SMILES string of the molecule is COC(=O)[C@H](CNC(=O)OC(C)(C)C)NC(=O)c1sc(C(=O)NCc2cccc(O)c2)cc1C(C)C. The summed E-state index contributed by atoms with van der Waals surface area (Å²) in [5, 5.41) is 17.4. The number of aromatic hydroxyl groups is 1. The van der Waals surface area contributed by atoms with E-state index < -0.39 is 29.6 Å². The molecule has 0 aliphatic heterocycles. The number of hydrogen-bond donors (Lipinski definition) is 4. The lowest BCUT2D eigenvalue weighted by Crippen LogP contribution is -2.49. The summed E-state index contributed by atoms with van der Waals surface area (Å²) >= 11 is 0.998. The first-order valence-corrected chi connectivity index (χ1v) is 12.2. The van der Waals surface area contributed by atoms with Crippen LogP contribution in [0.5, 0.6) is 5.75 Å². The minimum atomic E-state index is -1.17. The van der Waals surface area contributed by atoms with Gasteiger partial charge in [0, 0.05) is 6.54 Å². The molecule has 2 aromatic rings. The highest BCUT2D eigenvalue weighted by Gasteiger charge is 2.28. The van der Waals surface area contributed by atoms with Crippen molar-refractivity contribution >= 4 is 35.2 Å². The molecule has 0 aliphatic carbocycles. The number of esters is 1. The average molecular weight is 520 g/mol. The molecular formula is C25H33N3O7S. The summed E-state index contributed by atoms with van der Waals surface area (Å²) in [5.41, 5.74) is 0.638. The van der Waals surface area contributed by atoms with Crippen LogP contribution in [0.2, 0.25) is 0 Å². The van der Waals surface area contributed by atoms with E-state index in [2.05, 4.69) is 16.0 Å². The van der Waals surface area contributed by atoms with E-state index in [4.69, 9.17) is 9.47 Å². The smallest absolute Gasteiger partial charge is 0.407 e. The Bertz CT molecular complexity index is 1110. The first kappa shape index (κ1) is 28.6. The van der Waals surface area contributed by atoms with Crippen LogP contribution in [0.25, 0.3) is 0 Å². The van der Waals surface area contributed by atoms with E-state index in [0.717, 1.165) is 16.9 Å². The molecule has 11 heteroatoms. The largest absolute Gasteiger partial charge is 0.508 e. The maximum Gasteiger partial charge on any atom is 0.407 e. The summed E-state index contributed by atoms with van der Waals surface area (Å²) in [7, 11) is 1.18. The number of amides is 3. The minimum absolute atomic E-state index is 0.0777. The van der Waals surface area contributed by atoms with Crippen molar-refractivity contribution in [3.63, 3.8) is 0 Å². The molecule has 0 aliphatic rings. The number of methoxy groups -OCH3 is 1. The fourth-order valence-corrected chi connectivity index (χ4v) is 4.25. The highest BCUT2D eigenvalue weighted by atomic mass is 32.1.